The second-order valence-corrected chi connectivity index (χ2v) is 13.2. The van der Waals surface area contributed by atoms with Crippen LogP contribution in [-0.4, -0.2) is 50.2 Å². The molecule has 3 aliphatic heterocycles. The summed E-state index contributed by atoms with van der Waals surface area (Å²) in [6.07, 6.45) is 1.41. The highest BCUT2D eigenvalue weighted by Crippen LogP contribution is 2.49. The minimum atomic E-state index is -4.81. The number of hydrogen-bond donors (Lipinski definition) is 0. The maximum Gasteiger partial charge on any atom is 0.419 e. The highest BCUT2D eigenvalue weighted by molar-refractivity contribution is 7.81. The number of fused-ring (bicyclic) bond motifs is 2. The third kappa shape index (κ3) is 4.91. The number of ether oxygens (including phenoxy) is 1. The molecule has 1 aromatic carbocycles. The zero-order valence-electron chi connectivity index (χ0n) is 24.1. The third-order valence-electron chi connectivity index (χ3n) is 9.10. The van der Waals surface area contributed by atoms with E-state index in [4.69, 9.17) is 22.2 Å². The van der Waals surface area contributed by atoms with Gasteiger partial charge >= 0.3 is 12.3 Å². The number of hydrogen-bond acceptors (Lipinski definition) is 6. The molecule has 2 amide bonds. The number of nitrogens with zero attached hydrogens (tertiary/aromatic N) is 5. The highest BCUT2D eigenvalue weighted by Gasteiger charge is 2.60. The highest BCUT2D eigenvalue weighted by atomic mass is 32.1. The summed E-state index contributed by atoms with van der Waals surface area (Å²) in [5.41, 5.74) is -1.78. The van der Waals surface area contributed by atoms with Crippen LogP contribution in [0.4, 0.5) is 29.3 Å². The van der Waals surface area contributed by atoms with Gasteiger partial charge in [0.1, 0.15) is 17.2 Å². The molecule has 2 atom stereocenters. The summed E-state index contributed by atoms with van der Waals surface area (Å²) in [6.45, 7) is 5.61. The van der Waals surface area contributed by atoms with Crippen LogP contribution in [0.1, 0.15) is 88.5 Å². The fourth-order valence-electron chi connectivity index (χ4n) is 7.05. The van der Waals surface area contributed by atoms with E-state index in [2.05, 4.69) is 4.98 Å². The summed E-state index contributed by atoms with van der Waals surface area (Å²) in [7, 11) is 0. The Morgan fingerprint density at radius 1 is 1.09 bits per heavy atom. The lowest BCUT2D eigenvalue weighted by atomic mass is 9.75. The Bertz CT molecular complexity index is 1510. The van der Waals surface area contributed by atoms with E-state index in [0.29, 0.717) is 18.5 Å². The van der Waals surface area contributed by atoms with E-state index in [-0.39, 0.29) is 34.9 Å². The summed E-state index contributed by atoms with van der Waals surface area (Å²) in [5.74, 6) is -0.129. The van der Waals surface area contributed by atoms with Crippen LogP contribution in [0.3, 0.4) is 0 Å². The molecule has 1 saturated carbocycles. The van der Waals surface area contributed by atoms with Gasteiger partial charge in [0.05, 0.1) is 17.4 Å². The molecular formula is C31H32F3N5O3S. The van der Waals surface area contributed by atoms with Gasteiger partial charge in [-0.15, -0.1) is 0 Å². The summed E-state index contributed by atoms with van der Waals surface area (Å²) < 4.78 is 46.7. The zero-order valence-corrected chi connectivity index (χ0v) is 25.0. The predicted octanol–water partition coefficient (Wildman–Crippen LogP) is 6.68. The Labute approximate surface area is 253 Å². The first-order chi connectivity index (χ1) is 20.2. The number of alkyl halides is 3. The number of thiocarbonyl (C=S) groups is 1. The first-order valence-corrected chi connectivity index (χ1v) is 14.9. The molecule has 0 radical (unpaired) electrons. The van der Waals surface area contributed by atoms with E-state index < -0.39 is 34.5 Å². The molecule has 2 unspecified atom stereocenters. The topological polar surface area (TPSA) is 89.8 Å². The SMILES string of the molecule is CC(C)(C)OC(=O)N1C2CCC1CC(c1ccc(N3C(=S)N(c4cnc(C#N)c(C(F)(F)F)c4)C(=O)C34CCC4)cc1)C2. The van der Waals surface area contributed by atoms with Crippen molar-refractivity contribution < 1.29 is 27.5 Å². The Morgan fingerprint density at radius 2 is 1.72 bits per heavy atom. The number of amides is 2. The van der Waals surface area contributed by atoms with E-state index in [1.165, 1.54) is 6.07 Å². The number of nitriles is 1. The minimum Gasteiger partial charge on any atom is -0.444 e. The molecule has 8 nitrogen and oxygen atoms in total. The lowest BCUT2D eigenvalue weighted by molar-refractivity contribution is -0.138. The average molecular weight is 612 g/mol. The van der Waals surface area contributed by atoms with Crippen LogP contribution in [0.5, 0.6) is 0 Å². The number of carbonyl (C=O) groups is 2. The van der Waals surface area contributed by atoms with Crippen molar-refractivity contribution in [1.82, 2.24) is 9.88 Å². The van der Waals surface area contributed by atoms with Crippen molar-refractivity contribution in [2.75, 3.05) is 9.80 Å². The minimum absolute atomic E-state index is 0.0841. The lowest BCUT2D eigenvalue weighted by Crippen LogP contribution is -2.55. The molecule has 1 spiro atoms. The normalized spacial score (nSPS) is 24.8. The van der Waals surface area contributed by atoms with Gasteiger partial charge in [-0.25, -0.2) is 9.78 Å². The smallest absolute Gasteiger partial charge is 0.419 e. The van der Waals surface area contributed by atoms with Gasteiger partial charge in [0.2, 0.25) is 0 Å². The van der Waals surface area contributed by atoms with E-state index in [0.717, 1.165) is 54.8 Å². The first kappa shape index (κ1) is 29.4. The molecular weight excluding hydrogens is 579 g/mol. The van der Waals surface area contributed by atoms with Gasteiger partial charge in [-0.05, 0) is 108 Å². The van der Waals surface area contributed by atoms with Crippen LogP contribution < -0.4 is 9.80 Å². The molecule has 6 rings (SSSR count). The number of anilines is 2. The first-order valence-electron chi connectivity index (χ1n) is 14.5. The number of aromatic nitrogens is 1. The molecule has 4 aliphatic rings. The predicted molar refractivity (Wildman–Crippen MR) is 156 cm³/mol. The van der Waals surface area contributed by atoms with Crippen molar-refractivity contribution in [3.8, 4) is 6.07 Å². The monoisotopic (exact) mass is 611 g/mol. The number of carbonyl (C=O) groups excluding carboxylic acids is 2. The second-order valence-electron chi connectivity index (χ2n) is 12.9. The Balaban J connectivity index is 1.24. The third-order valence-corrected chi connectivity index (χ3v) is 9.46. The van der Waals surface area contributed by atoms with Crippen LogP contribution in [0.25, 0.3) is 0 Å². The van der Waals surface area contributed by atoms with Gasteiger partial charge < -0.3 is 14.5 Å². The van der Waals surface area contributed by atoms with Gasteiger partial charge in [0, 0.05) is 17.8 Å². The Hall–Kier alpha value is -3.72. The number of rotatable bonds is 3. The van der Waals surface area contributed by atoms with Crippen molar-refractivity contribution in [2.45, 2.75) is 101 Å². The molecule has 43 heavy (non-hydrogen) atoms. The van der Waals surface area contributed by atoms with Crippen molar-refractivity contribution in [3.05, 3.63) is 53.3 Å². The van der Waals surface area contributed by atoms with Crippen LogP contribution in [0.15, 0.2) is 36.5 Å². The molecule has 4 heterocycles. The lowest BCUT2D eigenvalue weighted by Gasteiger charge is -2.43. The van der Waals surface area contributed by atoms with E-state index in [1.807, 2.05) is 49.9 Å². The van der Waals surface area contributed by atoms with E-state index in [1.54, 1.807) is 4.90 Å². The van der Waals surface area contributed by atoms with Gasteiger partial charge in [0.15, 0.2) is 10.8 Å². The van der Waals surface area contributed by atoms with Crippen LogP contribution in [0.2, 0.25) is 0 Å². The number of halogens is 3. The van der Waals surface area contributed by atoms with Gasteiger partial charge in [-0.1, -0.05) is 12.1 Å². The molecule has 1 aliphatic carbocycles. The van der Waals surface area contributed by atoms with Crippen molar-refractivity contribution in [3.63, 3.8) is 0 Å². The van der Waals surface area contributed by atoms with E-state index >= 15 is 0 Å². The number of pyridine rings is 1. The summed E-state index contributed by atoms with van der Waals surface area (Å²) >= 11 is 5.73. The molecule has 0 N–H and O–H groups in total. The zero-order chi connectivity index (χ0) is 30.9. The number of piperidine rings is 1. The Kier molecular flexibility index (Phi) is 6.95. The van der Waals surface area contributed by atoms with Crippen LogP contribution in [-0.2, 0) is 15.7 Å². The second kappa shape index (κ2) is 10.2. The van der Waals surface area contributed by atoms with Crippen molar-refractivity contribution >= 4 is 40.7 Å². The fraction of sp³-hybridized carbons (Fsp3) is 0.516. The van der Waals surface area contributed by atoms with E-state index in [9.17, 15) is 22.8 Å². The summed E-state index contributed by atoms with van der Waals surface area (Å²) in [5, 5.41) is 9.22. The van der Waals surface area contributed by atoms with Crippen molar-refractivity contribution in [2.24, 2.45) is 0 Å². The van der Waals surface area contributed by atoms with Gasteiger partial charge in [-0.3, -0.25) is 9.69 Å². The Morgan fingerprint density at radius 3 is 2.23 bits per heavy atom. The van der Waals surface area contributed by atoms with Crippen LogP contribution >= 0.6 is 12.2 Å². The standard InChI is InChI=1S/C31H32F3N5O3S/c1-29(2,3)42-28(41)37-21-9-10-22(37)14-19(13-21)18-5-7-20(8-6-18)39-27(43)38(26(40)30(39)11-4-12-30)23-15-24(31(32,33)34)25(16-35)36-17-23/h5-8,15,17,19,21-22H,4,9-14H2,1-3H3. The molecule has 2 aromatic rings. The molecule has 12 heteroatoms. The molecule has 1 aromatic heterocycles. The fourth-order valence-corrected chi connectivity index (χ4v) is 7.52. The average Bonchev–Trinajstić information content (AvgIpc) is 3.32. The van der Waals surface area contributed by atoms with Crippen molar-refractivity contribution in [1.29, 1.82) is 5.26 Å². The quantitative estimate of drug-likeness (QED) is 0.358. The maximum atomic E-state index is 13.8. The molecule has 3 saturated heterocycles. The maximum absolute atomic E-state index is 13.8. The largest absolute Gasteiger partial charge is 0.444 e. The molecule has 4 fully saturated rings. The summed E-state index contributed by atoms with van der Waals surface area (Å²) in [6, 6.07) is 10.4. The van der Waals surface area contributed by atoms with Gasteiger partial charge in [-0.2, -0.15) is 18.4 Å². The number of benzene rings is 1. The molecule has 226 valence electrons. The van der Waals surface area contributed by atoms with Gasteiger partial charge in [0.25, 0.3) is 5.91 Å². The molecule has 2 bridgehead atoms. The summed E-state index contributed by atoms with van der Waals surface area (Å²) in [4.78, 5) is 35.1. The van der Waals surface area contributed by atoms with Crippen LogP contribution in [0, 0.1) is 11.3 Å².